The van der Waals surface area contributed by atoms with Gasteiger partial charge in [-0.05, 0) is 43.0 Å². The van der Waals surface area contributed by atoms with Gasteiger partial charge >= 0.3 is 0 Å². The number of rotatable bonds is 2. The van der Waals surface area contributed by atoms with Crippen LogP contribution in [-0.2, 0) is 12.8 Å². The Labute approximate surface area is 115 Å². The molecule has 2 aromatic rings. The number of hydrogen-bond donors (Lipinski definition) is 1. The van der Waals surface area contributed by atoms with Gasteiger partial charge in [0, 0.05) is 4.88 Å². The molecule has 0 saturated heterocycles. The lowest BCUT2D eigenvalue weighted by Crippen LogP contribution is -2.11. The molecule has 0 unspecified atom stereocenters. The number of nitrogens with zero attached hydrogens (tertiary/aromatic N) is 1. The first kappa shape index (κ1) is 11.9. The van der Waals surface area contributed by atoms with E-state index in [1.807, 2.05) is 12.1 Å². The summed E-state index contributed by atoms with van der Waals surface area (Å²) in [6.07, 6.45) is 3.36. The van der Waals surface area contributed by atoms with E-state index < -0.39 is 0 Å². The van der Waals surface area contributed by atoms with E-state index in [-0.39, 0.29) is 5.91 Å². The van der Waals surface area contributed by atoms with E-state index in [2.05, 4.69) is 11.4 Å². The first-order valence-corrected chi connectivity index (χ1v) is 7.01. The highest BCUT2D eigenvalue weighted by atomic mass is 32.1. The molecule has 1 N–H and O–H groups in total. The van der Waals surface area contributed by atoms with Crippen molar-refractivity contribution in [2.24, 2.45) is 0 Å². The van der Waals surface area contributed by atoms with Gasteiger partial charge in [-0.25, -0.2) is 0 Å². The third-order valence-corrected chi connectivity index (χ3v) is 4.50. The van der Waals surface area contributed by atoms with E-state index in [4.69, 9.17) is 5.26 Å². The minimum absolute atomic E-state index is 0.123. The Kier molecular flexibility index (Phi) is 3.06. The van der Waals surface area contributed by atoms with Crippen molar-refractivity contribution >= 4 is 22.9 Å². The number of hydrogen-bond acceptors (Lipinski definition) is 3. The SMILES string of the molecule is N#Cc1ccccc1NC(=O)c1cc2c(s1)CCC2. The molecular formula is C15H12N2OS. The zero-order valence-corrected chi connectivity index (χ0v) is 11.1. The molecule has 0 spiro atoms. The summed E-state index contributed by atoms with van der Waals surface area (Å²) in [4.78, 5) is 14.2. The Balaban J connectivity index is 1.83. The number of carbonyl (C=O) groups excluding carboxylic acids is 1. The number of amides is 1. The van der Waals surface area contributed by atoms with Crippen molar-refractivity contribution in [2.45, 2.75) is 19.3 Å². The summed E-state index contributed by atoms with van der Waals surface area (Å²) in [6.45, 7) is 0. The zero-order valence-electron chi connectivity index (χ0n) is 10.3. The second kappa shape index (κ2) is 4.87. The van der Waals surface area contributed by atoms with Gasteiger partial charge in [0.1, 0.15) is 6.07 Å². The van der Waals surface area contributed by atoms with Crippen LogP contribution in [-0.4, -0.2) is 5.91 Å². The van der Waals surface area contributed by atoms with Gasteiger partial charge in [0.25, 0.3) is 5.91 Å². The van der Waals surface area contributed by atoms with Crippen LogP contribution in [0.1, 0.15) is 32.1 Å². The largest absolute Gasteiger partial charge is 0.320 e. The predicted octanol–water partition coefficient (Wildman–Crippen LogP) is 3.36. The van der Waals surface area contributed by atoms with E-state index in [9.17, 15) is 4.79 Å². The van der Waals surface area contributed by atoms with Crippen LogP contribution in [0.4, 0.5) is 5.69 Å². The highest BCUT2D eigenvalue weighted by molar-refractivity contribution is 7.14. The minimum atomic E-state index is -0.123. The van der Waals surface area contributed by atoms with Crippen molar-refractivity contribution < 1.29 is 4.79 Å². The van der Waals surface area contributed by atoms with Crippen molar-refractivity contribution in [1.82, 2.24) is 0 Å². The van der Waals surface area contributed by atoms with Crippen molar-refractivity contribution in [2.75, 3.05) is 5.32 Å². The van der Waals surface area contributed by atoms with Gasteiger partial charge in [-0.1, -0.05) is 12.1 Å². The van der Waals surface area contributed by atoms with Gasteiger partial charge in [-0.15, -0.1) is 11.3 Å². The number of carbonyl (C=O) groups is 1. The molecule has 94 valence electrons. The maximum absolute atomic E-state index is 12.2. The van der Waals surface area contributed by atoms with Gasteiger partial charge in [-0.3, -0.25) is 4.79 Å². The third kappa shape index (κ3) is 2.25. The highest BCUT2D eigenvalue weighted by Crippen LogP contribution is 2.31. The average molecular weight is 268 g/mol. The quantitative estimate of drug-likeness (QED) is 0.908. The number of fused-ring (bicyclic) bond motifs is 1. The molecule has 1 aromatic carbocycles. The van der Waals surface area contributed by atoms with Crippen molar-refractivity contribution in [1.29, 1.82) is 5.26 Å². The molecule has 0 fully saturated rings. The molecule has 4 heteroatoms. The molecule has 1 aromatic heterocycles. The van der Waals surface area contributed by atoms with Crippen LogP contribution in [0, 0.1) is 11.3 Å². The van der Waals surface area contributed by atoms with Crippen molar-refractivity contribution in [3.05, 3.63) is 51.2 Å². The number of benzene rings is 1. The van der Waals surface area contributed by atoms with Gasteiger partial charge in [0.05, 0.1) is 16.1 Å². The second-order valence-corrected chi connectivity index (χ2v) is 5.66. The fourth-order valence-corrected chi connectivity index (χ4v) is 3.46. The summed E-state index contributed by atoms with van der Waals surface area (Å²) >= 11 is 1.57. The minimum Gasteiger partial charge on any atom is -0.320 e. The van der Waals surface area contributed by atoms with Crippen LogP contribution < -0.4 is 5.32 Å². The van der Waals surface area contributed by atoms with Gasteiger partial charge in [-0.2, -0.15) is 5.26 Å². The van der Waals surface area contributed by atoms with Gasteiger partial charge < -0.3 is 5.32 Å². The fraction of sp³-hybridized carbons (Fsp3) is 0.200. The first-order chi connectivity index (χ1) is 9.28. The lowest BCUT2D eigenvalue weighted by molar-refractivity contribution is 0.103. The Morgan fingerprint density at radius 1 is 1.32 bits per heavy atom. The molecule has 0 bridgehead atoms. The van der Waals surface area contributed by atoms with Crippen LogP contribution in [0.25, 0.3) is 0 Å². The lowest BCUT2D eigenvalue weighted by Gasteiger charge is -2.05. The summed E-state index contributed by atoms with van der Waals surface area (Å²) in [5, 5.41) is 11.8. The molecule has 1 aliphatic rings. The Morgan fingerprint density at radius 3 is 2.95 bits per heavy atom. The summed E-state index contributed by atoms with van der Waals surface area (Å²) in [5.74, 6) is -0.123. The highest BCUT2D eigenvalue weighted by Gasteiger charge is 2.18. The maximum atomic E-state index is 12.2. The van der Waals surface area contributed by atoms with E-state index in [1.165, 1.54) is 16.9 Å². The number of nitriles is 1. The van der Waals surface area contributed by atoms with Crippen LogP contribution in [0.3, 0.4) is 0 Å². The third-order valence-electron chi connectivity index (χ3n) is 3.27. The van der Waals surface area contributed by atoms with Crippen LogP contribution in [0.15, 0.2) is 30.3 Å². The van der Waals surface area contributed by atoms with Crippen molar-refractivity contribution in [3.63, 3.8) is 0 Å². The molecule has 0 aliphatic heterocycles. The molecular weight excluding hydrogens is 256 g/mol. The molecule has 1 amide bonds. The monoisotopic (exact) mass is 268 g/mol. The molecule has 0 atom stereocenters. The van der Waals surface area contributed by atoms with Crippen LogP contribution >= 0.6 is 11.3 Å². The summed E-state index contributed by atoms with van der Waals surface area (Å²) in [5.41, 5.74) is 2.37. The molecule has 3 nitrogen and oxygen atoms in total. The number of para-hydroxylation sites is 1. The lowest BCUT2D eigenvalue weighted by atomic mass is 10.2. The number of nitrogens with one attached hydrogen (secondary N) is 1. The fourth-order valence-electron chi connectivity index (χ4n) is 2.31. The molecule has 0 saturated carbocycles. The van der Waals surface area contributed by atoms with E-state index >= 15 is 0 Å². The van der Waals surface area contributed by atoms with Crippen LogP contribution in [0.2, 0.25) is 0 Å². The number of thiophene rings is 1. The summed E-state index contributed by atoms with van der Waals surface area (Å²) in [6, 6.07) is 11.1. The van der Waals surface area contributed by atoms with E-state index in [1.54, 1.807) is 29.5 Å². The molecule has 19 heavy (non-hydrogen) atoms. The second-order valence-electron chi connectivity index (χ2n) is 4.52. The van der Waals surface area contributed by atoms with E-state index in [0.29, 0.717) is 11.3 Å². The Hall–Kier alpha value is -2.12. The molecule has 0 radical (unpaired) electrons. The molecule has 1 aliphatic carbocycles. The topological polar surface area (TPSA) is 52.9 Å². The van der Waals surface area contributed by atoms with Crippen molar-refractivity contribution in [3.8, 4) is 6.07 Å². The standard InChI is InChI=1S/C15H12N2OS/c16-9-11-4-1-2-6-12(11)17-15(18)14-8-10-5-3-7-13(10)19-14/h1-2,4,6,8H,3,5,7H2,(H,17,18). The smallest absolute Gasteiger partial charge is 0.265 e. The Morgan fingerprint density at radius 2 is 2.16 bits per heavy atom. The molecule has 3 rings (SSSR count). The maximum Gasteiger partial charge on any atom is 0.265 e. The average Bonchev–Trinajstić information content (AvgIpc) is 3.00. The zero-order chi connectivity index (χ0) is 13.2. The number of aryl methyl sites for hydroxylation is 2. The summed E-state index contributed by atoms with van der Waals surface area (Å²) in [7, 11) is 0. The molecule has 1 heterocycles. The first-order valence-electron chi connectivity index (χ1n) is 6.20. The summed E-state index contributed by atoms with van der Waals surface area (Å²) < 4.78 is 0. The van der Waals surface area contributed by atoms with E-state index in [0.717, 1.165) is 17.7 Å². The number of anilines is 1. The Bertz CT molecular complexity index is 660. The van der Waals surface area contributed by atoms with Gasteiger partial charge in [0.15, 0.2) is 0 Å². The predicted molar refractivity (Wildman–Crippen MR) is 75.5 cm³/mol. The van der Waals surface area contributed by atoms with Crippen LogP contribution in [0.5, 0.6) is 0 Å². The van der Waals surface area contributed by atoms with Gasteiger partial charge in [0.2, 0.25) is 0 Å². The normalized spacial score (nSPS) is 12.8.